The first kappa shape index (κ1) is 7.79. The molecule has 0 bridgehead atoms. The Morgan fingerprint density at radius 2 is 2.46 bits per heavy atom. The summed E-state index contributed by atoms with van der Waals surface area (Å²) >= 11 is 0. The van der Waals surface area contributed by atoms with Crippen molar-refractivity contribution in [3.8, 4) is 0 Å². The standard InChI is InChI=1S/C9H9N3O/c10-9(13)5-6-4-8-7(12-6)2-1-3-11-8/h1-4,12H,5H2,(H2,10,13). The Labute approximate surface area is 74.8 Å². The second-order valence-corrected chi connectivity index (χ2v) is 2.87. The highest BCUT2D eigenvalue weighted by Gasteiger charge is 2.02. The van der Waals surface area contributed by atoms with E-state index in [0.29, 0.717) is 0 Å². The number of fused-ring (bicyclic) bond motifs is 1. The third-order valence-electron chi connectivity index (χ3n) is 1.81. The number of aromatic nitrogens is 2. The number of nitrogens with two attached hydrogens (primary N) is 1. The largest absolute Gasteiger partial charge is 0.369 e. The van der Waals surface area contributed by atoms with Gasteiger partial charge < -0.3 is 10.7 Å². The Balaban J connectivity index is 2.44. The van der Waals surface area contributed by atoms with Crippen LogP contribution < -0.4 is 5.73 Å². The number of rotatable bonds is 2. The van der Waals surface area contributed by atoms with Crippen molar-refractivity contribution in [1.82, 2.24) is 9.97 Å². The molecule has 2 aromatic rings. The first-order valence-electron chi connectivity index (χ1n) is 3.96. The smallest absolute Gasteiger partial charge is 0.223 e. The topological polar surface area (TPSA) is 71.8 Å². The highest BCUT2D eigenvalue weighted by atomic mass is 16.1. The maximum Gasteiger partial charge on any atom is 0.223 e. The van der Waals surface area contributed by atoms with Gasteiger partial charge in [0.15, 0.2) is 0 Å². The molecule has 0 spiro atoms. The van der Waals surface area contributed by atoms with Crippen LogP contribution in [0.5, 0.6) is 0 Å². The molecule has 3 N–H and O–H groups in total. The number of hydrogen-bond donors (Lipinski definition) is 2. The molecule has 0 aromatic carbocycles. The summed E-state index contributed by atoms with van der Waals surface area (Å²) in [4.78, 5) is 17.8. The maximum absolute atomic E-state index is 10.6. The summed E-state index contributed by atoms with van der Waals surface area (Å²) in [5.41, 5.74) is 7.66. The van der Waals surface area contributed by atoms with Gasteiger partial charge in [0.25, 0.3) is 0 Å². The molecule has 2 heterocycles. The molecule has 1 amide bonds. The van der Waals surface area contributed by atoms with Crippen LogP contribution in [0.15, 0.2) is 24.4 Å². The maximum atomic E-state index is 10.6. The number of nitrogens with zero attached hydrogens (tertiary/aromatic N) is 1. The van der Waals surface area contributed by atoms with Gasteiger partial charge in [0.2, 0.25) is 5.91 Å². The molecule has 0 aliphatic heterocycles. The van der Waals surface area contributed by atoms with Crippen molar-refractivity contribution in [3.63, 3.8) is 0 Å². The third kappa shape index (κ3) is 1.51. The fraction of sp³-hybridized carbons (Fsp3) is 0.111. The molecule has 0 saturated carbocycles. The van der Waals surface area contributed by atoms with E-state index in [1.54, 1.807) is 6.20 Å². The molecule has 4 heteroatoms. The minimum absolute atomic E-state index is 0.232. The van der Waals surface area contributed by atoms with Crippen LogP contribution in [0.3, 0.4) is 0 Å². The van der Waals surface area contributed by atoms with Crippen LogP contribution in [0.4, 0.5) is 0 Å². The van der Waals surface area contributed by atoms with Crippen molar-refractivity contribution < 1.29 is 4.79 Å². The van der Waals surface area contributed by atoms with Crippen molar-refractivity contribution >= 4 is 16.9 Å². The van der Waals surface area contributed by atoms with E-state index in [9.17, 15) is 4.79 Å². The van der Waals surface area contributed by atoms with E-state index in [-0.39, 0.29) is 12.3 Å². The summed E-state index contributed by atoms with van der Waals surface area (Å²) in [6.45, 7) is 0. The fourth-order valence-electron chi connectivity index (χ4n) is 1.30. The van der Waals surface area contributed by atoms with Crippen LogP contribution in [-0.4, -0.2) is 15.9 Å². The van der Waals surface area contributed by atoms with Gasteiger partial charge in [-0.25, -0.2) is 0 Å². The number of aromatic amines is 1. The van der Waals surface area contributed by atoms with Crippen LogP contribution >= 0.6 is 0 Å². The number of primary amides is 1. The average molecular weight is 175 g/mol. The van der Waals surface area contributed by atoms with E-state index in [4.69, 9.17) is 5.73 Å². The predicted octanol–water partition coefficient (Wildman–Crippen LogP) is 0.591. The third-order valence-corrected chi connectivity index (χ3v) is 1.81. The van der Waals surface area contributed by atoms with Crippen LogP contribution in [-0.2, 0) is 11.2 Å². The number of amides is 1. The molecular weight excluding hydrogens is 166 g/mol. The van der Waals surface area contributed by atoms with Crippen molar-refractivity contribution in [3.05, 3.63) is 30.1 Å². The Kier molecular flexibility index (Phi) is 1.73. The molecular formula is C9H9N3O. The molecule has 2 rings (SSSR count). The molecule has 0 atom stereocenters. The molecule has 4 nitrogen and oxygen atoms in total. The summed E-state index contributed by atoms with van der Waals surface area (Å²) in [5.74, 6) is -0.341. The van der Waals surface area contributed by atoms with Crippen LogP contribution in [0.25, 0.3) is 11.0 Å². The number of nitrogens with one attached hydrogen (secondary N) is 1. The van der Waals surface area contributed by atoms with E-state index in [2.05, 4.69) is 9.97 Å². The summed E-state index contributed by atoms with van der Waals surface area (Å²) < 4.78 is 0. The average Bonchev–Trinajstić information content (AvgIpc) is 2.44. The zero-order valence-corrected chi connectivity index (χ0v) is 6.95. The highest BCUT2D eigenvalue weighted by molar-refractivity contribution is 5.80. The van der Waals surface area contributed by atoms with Gasteiger partial charge in [-0.05, 0) is 18.2 Å². The number of carbonyl (C=O) groups excluding carboxylic acids is 1. The summed E-state index contributed by atoms with van der Waals surface area (Å²) in [6, 6.07) is 5.58. The molecule has 0 radical (unpaired) electrons. The van der Waals surface area contributed by atoms with Crippen LogP contribution in [0.2, 0.25) is 0 Å². The SMILES string of the molecule is NC(=O)Cc1cc2ncccc2[nH]1. The second kappa shape index (κ2) is 2.90. The van der Waals surface area contributed by atoms with Gasteiger partial charge in [-0.1, -0.05) is 0 Å². The van der Waals surface area contributed by atoms with Crippen LogP contribution in [0, 0.1) is 0 Å². The Hall–Kier alpha value is -1.84. The molecule has 0 fully saturated rings. The quantitative estimate of drug-likeness (QED) is 0.701. The lowest BCUT2D eigenvalue weighted by molar-refractivity contribution is -0.117. The van der Waals surface area contributed by atoms with Gasteiger partial charge in [-0.2, -0.15) is 0 Å². The molecule has 13 heavy (non-hydrogen) atoms. The zero-order valence-electron chi connectivity index (χ0n) is 6.95. The highest BCUT2D eigenvalue weighted by Crippen LogP contribution is 2.11. The fourth-order valence-corrected chi connectivity index (χ4v) is 1.30. The van der Waals surface area contributed by atoms with Gasteiger partial charge in [-0.3, -0.25) is 9.78 Å². The van der Waals surface area contributed by atoms with Crippen molar-refractivity contribution in [2.45, 2.75) is 6.42 Å². The monoisotopic (exact) mass is 175 g/mol. The normalized spacial score (nSPS) is 10.5. The van der Waals surface area contributed by atoms with Crippen molar-refractivity contribution in [2.24, 2.45) is 5.73 Å². The number of H-pyrrole nitrogens is 1. The molecule has 0 aliphatic rings. The lowest BCUT2D eigenvalue weighted by Crippen LogP contribution is -2.13. The van der Waals surface area contributed by atoms with Crippen LogP contribution in [0.1, 0.15) is 5.69 Å². The number of carbonyl (C=O) groups is 1. The predicted molar refractivity (Wildman–Crippen MR) is 49.0 cm³/mol. The van der Waals surface area contributed by atoms with E-state index >= 15 is 0 Å². The first-order chi connectivity index (χ1) is 6.25. The van der Waals surface area contributed by atoms with Gasteiger partial charge in [0.05, 0.1) is 17.5 Å². The molecule has 0 unspecified atom stereocenters. The number of pyridine rings is 1. The zero-order chi connectivity index (χ0) is 9.26. The lowest BCUT2D eigenvalue weighted by atomic mass is 10.3. The molecule has 66 valence electrons. The van der Waals surface area contributed by atoms with E-state index in [0.717, 1.165) is 16.7 Å². The summed E-state index contributed by atoms with van der Waals surface area (Å²) in [7, 11) is 0. The van der Waals surface area contributed by atoms with Gasteiger partial charge >= 0.3 is 0 Å². The van der Waals surface area contributed by atoms with Gasteiger partial charge in [0.1, 0.15) is 0 Å². The minimum Gasteiger partial charge on any atom is -0.369 e. The minimum atomic E-state index is -0.341. The Bertz CT molecular complexity index is 414. The lowest BCUT2D eigenvalue weighted by Gasteiger charge is -1.88. The Morgan fingerprint density at radius 1 is 1.62 bits per heavy atom. The summed E-state index contributed by atoms with van der Waals surface area (Å²) in [6.07, 6.45) is 1.95. The van der Waals surface area contributed by atoms with Crippen molar-refractivity contribution in [2.75, 3.05) is 0 Å². The van der Waals surface area contributed by atoms with Crippen molar-refractivity contribution in [1.29, 1.82) is 0 Å². The molecule has 0 aliphatic carbocycles. The van der Waals surface area contributed by atoms with E-state index in [1.807, 2.05) is 18.2 Å². The number of hydrogen-bond acceptors (Lipinski definition) is 2. The van der Waals surface area contributed by atoms with E-state index < -0.39 is 0 Å². The van der Waals surface area contributed by atoms with Gasteiger partial charge in [-0.15, -0.1) is 0 Å². The molecule has 0 saturated heterocycles. The van der Waals surface area contributed by atoms with Gasteiger partial charge in [0, 0.05) is 11.9 Å². The second-order valence-electron chi connectivity index (χ2n) is 2.87. The van der Waals surface area contributed by atoms with E-state index in [1.165, 1.54) is 0 Å². The first-order valence-corrected chi connectivity index (χ1v) is 3.96. The summed E-state index contributed by atoms with van der Waals surface area (Å²) in [5, 5.41) is 0. The molecule has 2 aromatic heterocycles. The Morgan fingerprint density at radius 3 is 3.15 bits per heavy atom.